The van der Waals surface area contributed by atoms with Crippen LogP contribution in [-0.4, -0.2) is 12.3 Å². The van der Waals surface area contributed by atoms with E-state index < -0.39 is 0 Å². The molecule has 0 spiro atoms. The van der Waals surface area contributed by atoms with Gasteiger partial charge in [-0.2, -0.15) is 0 Å². The molecule has 0 saturated heterocycles. The Morgan fingerprint density at radius 3 is 2.23 bits per heavy atom. The molecule has 0 aromatic rings. The van der Waals surface area contributed by atoms with Gasteiger partial charge in [0.1, 0.15) is 0 Å². The van der Waals surface area contributed by atoms with E-state index in [4.69, 9.17) is 0 Å². The second-order valence-electron chi connectivity index (χ2n) is 3.87. The molecule has 0 radical (unpaired) electrons. The molecule has 2 heteroatoms. The molecule has 0 aromatic heterocycles. The Kier molecular flexibility index (Phi) is 13.7. The van der Waals surface area contributed by atoms with Crippen LogP contribution in [0.4, 0.5) is 0 Å². The first-order valence-electron chi connectivity index (χ1n) is 6.12. The van der Waals surface area contributed by atoms with Gasteiger partial charge in [-0.3, -0.25) is 0 Å². The summed E-state index contributed by atoms with van der Waals surface area (Å²) < 4.78 is 0. The molecule has 0 amide bonds. The third kappa shape index (κ3) is 12.9. The fraction of sp³-hybridized carbons (Fsp3) is 1.00. The molecule has 0 aromatic carbocycles. The Balaban J connectivity index is 2.76. The van der Waals surface area contributed by atoms with Crippen molar-refractivity contribution < 1.29 is 0 Å². The Hall–Kier alpha value is 0.860. The SMILES string of the molecule is CCCCCCCP[PH3]CCCC. The standard InChI is InChI=1S/C11H28P2/c1-3-5-7-8-9-11-13-12-10-6-4-2/h13H,3-11H2,1-2,12H3. The van der Waals surface area contributed by atoms with Crippen molar-refractivity contribution in [1.82, 2.24) is 0 Å². The van der Waals surface area contributed by atoms with Crippen LogP contribution >= 0.6 is 16.5 Å². The van der Waals surface area contributed by atoms with E-state index in [1.807, 2.05) is 0 Å². The van der Waals surface area contributed by atoms with Crippen LogP contribution in [0.3, 0.4) is 0 Å². The van der Waals surface area contributed by atoms with Crippen molar-refractivity contribution in [3.8, 4) is 0 Å². The summed E-state index contributed by atoms with van der Waals surface area (Å²) in [7, 11) is 1.78. The van der Waals surface area contributed by atoms with Crippen LogP contribution in [0.2, 0.25) is 0 Å². The van der Waals surface area contributed by atoms with Gasteiger partial charge >= 0.3 is 87.7 Å². The summed E-state index contributed by atoms with van der Waals surface area (Å²) in [5.74, 6) is 0. The predicted molar refractivity (Wildman–Crippen MR) is 72.8 cm³/mol. The molecule has 82 valence electrons. The van der Waals surface area contributed by atoms with Gasteiger partial charge in [0.05, 0.1) is 0 Å². The van der Waals surface area contributed by atoms with Gasteiger partial charge in [0.25, 0.3) is 0 Å². The summed E-state index contributed by atoms with van der Waals surface area (Å²) >= 11 is 0. The zero-order chi connectivity index (χ0) is 9.78. The molecule has 0 heterocycles. The normalized spacial score (nSPS) is 11.8. The summed E-state index contributed by atoms with van der Waals surface area (Å²) in [4.78, 5) is 0. The number of unbranched alkanes of at least 4 members (excludes halogenated alkanes) is 5. The van der Waals surface area contributed by atoms with Gasteiger partial charge in [-0.1, -0.05) is 0 Å². The first-order chi connectivity index (χ1) is 6.41. The maximum atomic E-state index is 2.31. The van der Waals surface area contributed by atoms with Crippen molar-refractivity contribution in [2.45, 2.75) is 58.8 Å². The zero-order valence-corrected chi connectivity index (χ0v) is 12.0. The molecule has 0 aliphatic rings. The summed E-state index contributed by atoms with van der Waals surface area (Å²) in [6.07, 6.45) is 13.5. The number of rotatable bonds is 10. The molecule has 13 heavy (non-hydrogen) atoms. The fourth-order valence-corrected chi connectivity index (χ4v) is 6.23. The van der Waals surface area contributed by atoms with Crippen LogP contribution in [-0.2, 0) is 0 Å². The van der Waals surface area contributed by atoms with Crippen LogP contribution in [0.25, 0.3) is 0 Å². The molecule has 0 bridgehead atoms. The van der Waals surface area contributed by atoms with Crippen molar-refractivity contribution in [1.29, 1.82) is 0 Å². The molecule has 0 N–H and O–H groups in total. The molecule has 0 aliphatic carbocycles. The van der Waals surface area contributed by atoms with Crippen LogP contribution in [0.5, 0.6) is 0 Å². The first kappa shape index (κ1) is 13.9. The van der Waals surface area contributed by atoms with Crippen molar-refractivity contribution in [2.24, 2.45) is 0 Å². The van der Waals surface area contributed by atoms with Gasteiger partial charge in [0.15, 0.2) is 0 Å². The predicted octanol–water partition coefficient (Wildman–Crippen LogP) is 4.49. The van der Waals surface area contributed by atoms with Gasteiger partial charge in [-0.05, 0) is 0 Å². The molecule has 0 nitrogen and oxygen atoms in total. The Bertz CT molecular complexity index is 74.2. The van der Waals surface area contributed by atoms with Gasteiger partial charge < -0.3 is 0 Å². The fourth-order valence-electron chi connectivity index (χ4n) is 1.48. The van der Waals surface area contributed by atoms with E-state index >= 15 is 0 Å². The average molecular weight is 222 g/mol. The van der Waals surface area contributed by atoms with Crippen LogP contribution in [0, 0.1) is 0 Å². The van der Waals surface area contributed by atoms with Gasteiger partial charge in [-0.15, -0.1) is 0 Å². The van der Waals surface area contributed by atoms with E-state index in [9.17, 15) is 0 Å². The third-order valence-corrected chi connectivity index (χ3v) is 7.51. The topological polar surface area (TPSA) is 0 Å². The van der Waals surface area contributed by atoms with Gasteiger partial charge in [0, 0.05) is 0 Å². The van der Waals surface area contributed by atoms with Gasteiger partial charge in [0.2, 0.25) is 0 Å². The summed E-state index contributed by atoms with van der Waals surface area (Å²) in [5.41, 5.74) is 0. The second-order valence-corrected chi connectivity index (χ2v) is 9.08. The number of hydrogen-bond donors (Lipinski definition) is 0. The van der Waals surface area contributed by atoms with Crippen LogP contribution in [0.1, 0.15) is 58.8 Å². The minimum atomic E-state index is 0.389. The van der Waals surface area contributed by atoms with Crippen molar-refractivity contribution in [3.63, 3.8) is 0 Å². The van der Waals surface area contributed by atoms with E-state index in [2.05, 4.69) is 13.8 Å². The molecule has 0 fully saturated rings. The molecule has 0 saturated carbocycles. The molecule has 0 aliphatic heterocycles. The number of hydrogen-bond acceptors (Lipinski definition) is 0. The Labute approximate surface area is 88.1 Å². The maximum absolute atomic E-state index is 2.31. The monoisotopic (exact) mass is 222 g/mol. The zero-order valence-electron chi connectivity index (χ0n) is 9.57. The minimum absolute atomic E-state index is 0.389. The molecule has 1 atom stereocenters. The molecule has 1 unspecified atom stereocenters. The van der Waals surface area contributed by atoms with Crippen LogP contribution < -0.4 is 0 Å². The average Bonchev–Trinajstić information content (AvgIpc) is 2.16. The summed E-state index contributed by atoms with van der Waals surface area (Å²) in [6.45, 7) is 4.60. The van der Waals surface area contributed by atoms with Gasteiger partial charge in [-0.25, -0.2) is 0 Å². The quantitative estimate of drug-likeness (QED) is 0.377. The summed E-state index contributed by atoms with van der Waals surface area (Å²) in [5, 5.41) is 0. The van der Waals surface area contributed by atoms with E-state index in [1.54, 1.807) is 12.3 Å². The van der Waals surface area contributed by atoms with Crippen LogP contribution in [0.15, 0.2) is 0 Å². The third-order valence-electron chi connectivity index (χ3n) is 2.41. The Morgan fingerprint density at radius 1 is 0.846 bits per heavy atom. The van der Waals surface area contributed by atoms with Crippen molar-refractivity contribution >= 4 is 16.5 Å². The first-order valence-corrected chi connectivity index (χ1v) is 10.7. The molecule has 0 rings (SSSR count). The summed E-state index contributed by atoms with van der Waals surface area (Å²) in [6, 6.07) is 0. The van der Waals surface area contributed by atoms with Crippen molar-refractivity contribution in [3.05, 3.63) is 0 Å². The van der Waals surface area contributed by atoms with Crippen molar-refractivity contribution in [2.75, 3.05) is 12.3 Å². The van der Waals surface area contributed by atoms with E-state index in [0.29, 0.717) is 8.27 Å². The second kappa shape index (κ2) is 12.9. The van der Waals surface area contributed by atoms with E-state index in [0.717, 1.165) is 0 Å². The molecular formula is C11H28P2. The molecular weight excluding hydrogens is 194 g/mol. The van der Waals surface area contributed by atoms with E-state index in [-0.39, 0.29) is 0 Å². The Morgan fingerprint density at radius 2 is 1.54 bits per heavy atom. The van der Waals surface area contributed by atoms with E-state index in [1.165, 1.54) is 53.2 Å².